The Kier molecular flexibility index (Phi) is 28.8. The van der Waals surface area contributed by atoms with Gasteiger partial charge >= 0.3 is 11.9 Å². The maximum Gasteiger partial charge on any atom is 0.321 e. The van der Waals surface area contributed by atoms with E-state index in [1.54, 1.807) is 0 Å². The van der Waals surface area contributed by atoms with E-state index in [4.69, 9.17) is 9.47 Å². The summed E-state index contributed by atoms with van der Waals surface area (Å²) < 4.78 is 12.0. The predicted octanol–water partition coefficient (Wildman–Crippen LogP) is 17.9. The van der Waals surface area contributed by atoms with Gasteiger partial charge in [0.05, 0.1) is 13.2 Å². The average Bonchev–Trinajstić information content (AvgIpc) is 3.65. The maximum absolute atomic E-state index is 14.3. The molecule has 0 bridgehead atoms. The fraction of sp³-hybridized carbons (Fsp3) is 0.729. The number of ether oxygens (including phenoxy) is 2. The minimum Gasteiger partial charge on any atom is -0.507 e. The van der Waals surface area contributed by atoms with Crippen molar-refractivity contribution in [2.75, 3.05) is 13.2 Å². The van der Waals surface area contributed by atoms with Crippen molar-refractivity contribution in [2.24, 2.45) is 5.92 Å². The zero-order chi connectivity index (χ0) is 46.3. The highest BCUT2D eigenvalue weighted by Gasteiger charge is 2.44. The Hall–Kier alpha value is -3.08. The fourth-order valence-electron chi connectivity index (χ4n) is 9.68. The number of aromatic hydroxyl groups is 1. The lowest BCUT2D eigenvalue weighted by atomic mass is 9.78. The van der Waals surface area contributed by atoms with Gasteiger partial charge in [-0.3, -0.25) is 9.59 Å². The summed E-state index contributed by atoms with van der Waals surface area (Å²) in [5.74, 6) is -2.39. The van der Waals surface area contributed by atoms with E-state index in [1.165, 1.54) is 167 Å². The molecule has 5 heteroatoms. The molecule has 5 nitrogen and oxygen atoms in total. The molecule has 64 heavy (non-hydrogen) atoms. The molecule has 2 aromatic carbocycles. The van der Waals surface area contributed by atoms with Crippen LogP contribution in [0.3, 0.4) is 0 Å². The number of phenolic OH excluding ortho intramolecular Hbond substituents is 1. The number of hydrogen-bond acceptors (Lipinski definition) is 5. The van der Waals surface area contributed by atoms with Crippen LogP contribution in [0.25, 0.3) is 11.6 Å². The molecule has 3 rings (SSSR count). The van der Waals surface area contributed by atoms with Gasteiger partial charge in [0.25, 0.3) is 0 Å². The van der Waals surface area contributed by atoms with Crippen LogP contribution in [0.4, 0.5) is 0 Å². The Morgan fingerprint density at radius 2 is 0.906 bits per heavy atom. The van der Waals surface area contributed by atoms with Crippen molar-refractivity contribution in [2.45, 2.75) is 258 Å². The Morgan fingerprint density at radius 3 is 1.28 bits per heavy atom. The molecule has 1 atom stereocenters. The van der Waals surface area contributed by atoms with Gasteiger partial charge in [0.2, 0.25) is 0 Å². The number of rotatable bonds is 38. The van der Waals surface area contributed by atoms with Crippen molar-refractivity contribution in [3.8, 4) is 5.75 Å². The average molecular weight is 885 g/mol. The van der Waals surface area contributed by atoms with Gasteiger partial charge in [0.15, 0.2) is 5.92 Å². The number of benzene rings is 2. The zero-order valence-corrected chi connectivity index (χ0v) is 42.3. The van der Waals surface area contributed by atoms with Crippen LogP contribution in [0.5, 0.6) is 5.75 Å². The van der Waals surface area contributed by atoms with E-state index in [2.05, 4.69) is 40.7 Å². The number of esters is 2. The quantitative estimate of drug-likeness (QED) is 0.0413. The predicted molar refractivity (Wildman–Crippen MR) is 273 cm³/mol. The minimum atomic E-state index is -1.12. The third kappa shape index (κ3) is 21.5. The molecule has 0 fully saturated rings. The lowest BCUT2D eigenvalue weighted by molar-refractivity contribution is -0.162. The number of phenols is 1. The normalized spacial score (nSPS) is 13.7. The summed E-state index contributed by atoms with van der Waals surface area (Å²) in [6.45, 7) is 13.4. The fourth-order valence-corrected chi connectivity index (χ4v) is 9.68. The van der Waals surface area contributed by atoms with Gasteiger partial charge in [-0.05, 0) is 65.1 Å². The molecule has 1 N–H and O–H groups in total. The molecule has 0 radical (unpaired) electrons. The van der Waals surface area contributed by atoms with Crippen LogP contribution < -0.4 is 0 Å². The molecule has 0 amide bonds. The monoisotopic (exact) mass is 885 g/mol. The summed E-state index contributed by atoms with van der Waals surface area (Å²) in [6, 6.07) is 12.1. The van der Waals surface area contributed by atoms with Gasteiger partial charge in [-0.15, -0.1) is 0 Å². The zero-order valence-electron chi connectivity index (χ0n) is 42.3. The number of carbonyl (C=O) groups is 2. The van der Waals surface area contributed by atoms with Crippen LogP contribution in [0.1, 0.15) is 274 Å². The highest BCUT2D eigenvalue weighted by atomic mass is 16.6. The SMILES string of the molecule is CCCCCCCCCCCCCCCCCCOC(=O)C(C(=O)OCCCCCCCCCCCCCCCCCC)C1C(c2cc(C)c(O)c(C(C)(C)C)c2)=Cc2ccccc21. The first-order chi connectivity index (χ1) is 31.1. The van der Waals surface area contributed by atoms with Crippen molar-refractivity contribution in [3.63, 3.8) is 0 Å². The Bertz CT molecular complexity index is 1530. The standard InChI is InChI=1S/C59H96O5/c1-7-9-11-13-15-17-19-21-23-25-27-29-31-33-35-39-43-63-57(61)55(58(62)64-44-40-36-34-32-30-28-26-24-22-20-18-16-14-12-10-8-2)54-51-42-38-37-41-49(51)46-52(54)50-45-48(3)56(60)53(47-50)59(4,5)6/h37-38,41-42,45-47,54-55,60H,7-36,39-40,43-44H2,1-6H3. The van der Waals surface area contributed by atoms with Crippen LogP contribution in [-0.4, -0.2) is 30.3 Å². The lowest BCUT2D eigenvalue weighted by Gasteiger charge is -2.27. The van der Waals surface area contributed by atoms with E-state index < -0.39 is 23.8 Å². The third-order valence-electron chi connectivity index (χ3n) is 13.7. The minimum absolute atomic E-state index is 0.289. The molecular weight excluding hydrogens is 789 g/mol. The van der Waals surface area contributed by atoms with Gasteiger partial charge in [-0.25, -0.2) is 0 Å². The van der Waals surface area contributed by atoms with E-state index in [-0.39, 0.29) is 11.2 Å². The summed E-state index contributed by atoms with van der Waals surface area (Å²) >= 11 is 0. The highest BCUT2D eigenvalue weighted by Crippen LogP contribution is 2.49. The van der Waals surface area contributed by atoms with E-state index in [0.717, 1.165) is 71.9 Å². The number of allylic oxidation sites excluding steroid dienone is 1. The molecule has 1 aliphatic carbocycles. The number of aryl methyl sites for hydroxylation is 1. The van der Waals surface area contributed by atoms with Crippen molar-refractivity contribution >= 4 is 23.6 Å². The topological polar surface area (TPSA) is 72.8 Å². The highest BCUT2D eigenvalue weighted by molar-refractivity contribution is 6.03. The second kappa shape index (κ2) is 33.4. The summed E-state index contributed by atoms with van der Waals surface area (Å²) in [5, 5.41) is 11.1. The second-order valence-electron chi connectivity index (χ2n) is 20.6. The van der Waals surface area contributed by atoms with Crippen molar-refractivity contribution in [3.05, 3.63) is 64.2 Å². The first-order valence-electron chi connectivity index (χ1n) is 27.1. The molecule has 2 aromatic rings. The molecule has 1 unspecified atom stereocenters. The van der Waals surface area contributed by atoms with Gasteiger partial charge < -0.3 is 14.6 Å². The molecule has 0 aliphatic heterocycles. The molecule has 1 aliphatic rings. The molecule has 0 saturated carbocycles. The van der Waals surface area contributed by atoms with E-state index >= 15 is 0 Å². The van der Waals surface area contributed by atoms with Gasteiger partial charge in [0.1, 0.15) is 5.75 Å². The molecule has 0 heterocycles. The number of hydrogen-bond donors (Lipinski definition) is 1. The number of unbranched alkanes of at least 4 members (excludes halogenated alkanes) is 30. The van der Waals surface area contributed by atoms with Crippen LogP contribution in [0, 0.1) is 12.8 Å². The van der Waals surface area contributed by atoms with Crippen molar-refractivity contribution in [1.82, 2.24) is 0 Å². The molecule has 0 aromatic heterocycles. The number of carbonyl (C=O) groups excluding carboxylic acids is 2. The molecular formula is C59H96O5. The lowest BCUT2D eigenvalue weighted by Crippen LogP contribution is -2.34. The first-order valence-corrected chi connectivity index (χ1v) is 27.1. The summed E-state index contributed by atoms with van der Waals surface area (Å²) in [4.78, 5) is 28.5. The van der Waals surface area contributed by atoms with E-state index in [0.29, 0.717) is 13.2 Å². The van der Waals surface area contributed by atoms with Crippen LogP contribution >= 0.6 is 0 Å². The van der Waals surface area contributed by atoms with Crippen LogP contribution in [-0.2, 0) is 24.5 Å². The molecule has 362 valence electrons. The molecule has 0 spiro atoms. The van der Waals surface area contributed by atoms with Crippen molar-refractivity contribution < 1.29 is 24.2 Å². The second-order valence-corrected chi connectivity index (χ2v) is 20.6. The van der Waals surface area contributed by atoms with Crippen molar-refractivity contribution in [1.29, 1.82) is 0 Å². The first kappa shape index (κ1) is 55.2. The van der Waals surface area contributed by atoms with Gasteiger partial charge in [-0.2, -0.15) is 0 Å². The third-order valence-corrected chi connectivity index (χ3v) is 13.7. The van der Waals surface area contributed by atoms with Crippen LogP contribution in [0.15, 0.2) is 36.4 Å². The molecule has 0 saturated heterocycles. The Labute approximate surface area is 393 Å². The Balaban J connectivity index is 1.51. The maximum atomic E-state index is 14.3. The van der Waals surface area contributed by atoms with E-state index in [9.17, 15) is 14.7 Å². The smallest absolute Gasteiger partial charge is 0.321 e. The largest absolute Gasteiger partial charge is 0.507 e. The summed E-state index contributed by atoms with van der Waals surface area (Å²) in [6.07, 6.45) is 43.2. The van der Waals surface area contributed by atoms with Gasteiger partial charge in [-0.1, -0.05) is 258 Å². The van der Waals surface area contributed by atoms with Gasteiger partial charge in [0, 0.05) is 11.5 Å². The van der Waals surface area contributed by atoms with Crippen LogP contribution in [0.2, 0.25) is 0 Å². The number of fused-ring (bicyclic) bond motifs is 1. The summed E-state index contributed by atoms with van der Waals surface area (Å²) in [5.41, 5.74) is 5.03. The van der Waals surface area contributed by atoms with E-state index in [1.807, 2.05) is 43.3 Å². The summed E-state index contributed by atoms with van der Waals surface area (Å²) in [7, 11) is 0. The Morgan fingerprint density at radius 1 is 0.547 bits per heavy atom.